The number of hydrogen-bond donors (Lipinski definition) is 0. The van der Waals surface area contributed by atoms with E-state index in [-0.39, 0.29) is 0 Å². The summed E-state index contributed by atoms with van der Waals surface area (Å²) < 4.78 is 0. The summed E-state index contributed by atoms with van der Waals surface area (Å²) in [6, 6.07) is 10.7. The zero-order valence-electron chi connectivity index (χ0n) is 16.3. The molecule has 0 aliphatic heterocycles. The standard InChI is InChI=1S/C22H27N3S/c1-22(2,3)16-8-11-18-19(13-23)21(26-20(18)12-16)24-14-15-6-9-17(10-7-15)25(4)5/h6-7,9-10,14,16H,8,11-12H2,1-5H3/t16-/m0/s1. The first-order chi connectivity index (χ1) is 12.3. The Morgan fingerprint density at radius 1 is 1.23 bits per heavy atom. The quantitative estimate of drug-likeness (QED) is 0.665. The maximum absolute atomic E-state index is 9.66. The van der Waals surface area contributed by atoms with Gasteiger partial charge in [0, 0.05) is 30.9 Å². The summed E-state index contributed by atoms with van der Waals surface area (Å²) in [5.41, 5.74) is 4.57. The summed E-state index contributed by atoms with van der Waals surface area (Å²) in [6.45, 7) is 6.95. The normalized spacial score (nSPS) is 17.2. The van der Waals surface area contributed by atoms with E-state index in [0.29, 0.717) is 11.3 Å². The molecule has 0 N–H and O–H groups in total. The first kappa shape index (κ1) is 18.7. The summed E-state index contributed by atoms with van der Waals surface area (Å²) in [5.74, 6) is 0.676. The fraction of sp³-hybridized carbons (Fsp3) is 0.455. The summed E-state index contributed by atoms with van der Waals surface area (Å²) in [7, 11) is 4.06. The van der Waals surface area contributed by atoms with E-state index in [9.17, 15) is 5.26 Å². The number of aliphatic imine (C=N–C) groups is 1. The smallest absolute Gasteiger partial charge is 0.134 e. The average Bonchev–Trinajstić information content (AvgIpc) is 2.96. The largest absolute Gasteiger partial charge is 0.378 e. The van der Waals surface area contributed by atoms with Crippen molar-refractivity contribution in [1.82, 2.24) is 0 Å². The minimum Gasteiger partial charge on any atom is -0.378 e. The van der Waals surface area contributed by atoms with E-state index in [1.807, 2.05) is 20.3 Å². The molecule has 0 saturated carbocycles. The van der Waals surface area contributed by atoms with Crippen LogP contribution in [0.5, 0.6) is 0 Å². The Morgan fingerprint density at radius 3 is 2.50 bits per heavy atom. The van der Waals surface area contributed by atoms with Crippen molar-refractivity contribution in [3.8, 4) is 6.07 Å². The van der Waals surface area contributed by atoms with Crippen LogP contribution in [0.3, 0.4) is 0 Å². The first-order valence-corrected chi connectivity index (χ1v) is 9.97. The van der Waals surface area contributed by atoms with E-state index in [4.69, 9.17) is 0 Å². The fourth-order valence-electron chi connectivity index (χ4n) is 3.51. The van der Waals surface area contributed by atoms with E-state index < -0.39 is 0 Å². The molecule has 1 atom stereocenters. The van der Waals surface area contributed by atoms with Crippen molar-refractivity contribution < 1.29 is 0 Å². The molecule has 0 radical (unpaired) electrons. The molecule has 0 amide bonds. The number of hydrogen-bond acceptors (Lipinski definition) is 4. The van der Waals surface area contributed by atoms with Gasteiger partial charge in [0.15, 0.2) is 0 Å². The van der Waals surface area contributed by atoms with Crippen LogP contribution in [0.4, 0.5) is 10.7 Å². The van der Waals surface area contributed by atoms with Gasteiger partial charge >= 0.3 is 0 Å². The molecule has 1 heterocycles. The van der Waals surface area contributed by atoms with Gasteiger partial charge in [-0.05, 0) is 53.9 Å². The predicted octanol–water partition coefficient (Wildman–Crippen LogP) is 5.59. The van der Waals surface area contributed by atoms with Crippen molar-refractivity contribution in [2.24, 2.45) is 16.3 Å². The van der Waals surface area contributed by atoms with E-state index >= 15 is 0 Å². The Morgan fingerprint density at radius 2 is 1.92 bits per heavy atom. The summed E-state index contributed by atoms with van der Waals surface area (Å²) in [6.07, 6.45) is 5.12. The highest BCUT2D eigenvalue weighted by Gasteiger charge is 2.32. The minimum atomic E-state index is 0.312. The lowest BCUT2D eigenvalue weighted by Crippen LogP contribution is -2.26. The van der Waals surface area contributed by atoms with Gasteiger partial charge in [-0.3, -0.25) is 0 Å². The van der Waals surface area contributed by atoms with Gasteiger partial charge in [0.1, 0.15) is 11.1 Å². The Bertz CT molecular complexity index is 845. The molecular weight excluding hydrogens is 338 g/mol. The number of anilines is 1. The van der Waals surface area contributed by atoms with Crippen molar-refractivity contribution in [2.75, 3.05) is 19.0 Å². The second kappa shape index (κ2) is 7.25. The molecule has 136 valence electrons. The molecule has 1 aromatic carbocycles. The SMILES string of the molecule is CN(C)c1ccc(C=Nc2sc3c(c2C#N)CC[C@H](C(C)(C)C)C3)cc1. The monoisotopic (exact) mass is 365 g/mol. The second-order valence-corrected chi connectivity index (χ2v) is 9.43. The molecule has 0 bridgehead atoms. The summed E-state index contributed by atoms with van der Waals surface area (Å²) in [5, 5.41) is 10.5. The lowest BCUT2D eigenvalue weighted by Gasteiger charge is -2.33. The Labute approximate surface area is 161 Å². The molecule has 1 aliphatic carbocycles. The summed E-state index contributed by atoms with van der Waals surface area (Å²) in [4.78, 5) is 8.11. The number of benzene rings is 1. The lowest BCUT2D eigenvalue weighted by molar-refractivity contribution is 0.218. The van der Waals surface area contributed by atoms with Gasteiger partial charge in [-0.1, -0.05) is 32.9 Å². The van der Waals surface area contributed by atoms with Crippen LogP contribution in [-0.4, -0.2) is 20.3 Å². The van der Waals surface area contributed by atoms with E-state index in [1.165, 1.54) is 16.1 Å². The minimum absolute atomic E-state index is 0.312. The maximum Gasteiger partial charge on any atom is 0.134 e. The lowest BCUT2D eigenvalue weighted by atomic mass is 9.72. The zero-order valence-corrected chi connectivity index (χ0v) is 17.2. The number of fused-ring (bicyclic) bond motifs is 1. The Hall–Kier alpha value is -2.12. The highest BCUT2D eigenvalue weighted by Crippen LogP contribution is 2.44. The molecule has 3 rings (SSSR count). The van der Waals surface area contributed by atoms with Crippen molar-refractivity contribution >= 4 is 28.2 Å². The molecule has 0 fully saturated rings. The fourth-order valence-corrected chi connectivity index (χ4v) is 4.73. The van der Waals surface area contributed by atoms with Crippen LogP contribution >= 0.6 is 11.3 Å². The van der Waals surface area contributed by atoms with E-state index in [0.717, 1.165) is 35.4 Å². The number of nitrogens with zero attached hydrogens (tertiary/aromatic N) is 3. The van der Waals surface area contributed by atoms with Crippen molar-refractivity contribution in [3.63, 3.8) is 0 Å². The Kier molecular flexibility index (Phi) is 5.20. The third kappa shape index (κ3) is 3.83. The van der Waals surface area contributed by atoms with Gasteiger partial charge in [0.2, 0.25) is 0 Å². The van der Waals surface area contributed by atoms with Crippen LogP contribution in [0.15, 0.2) is 29.3 Å². The van der Waals surface area contributed by atoms with Crippen LogP contribution < -0.4 is 4.90 Å². The number of thiophene rings is 1. The van der Waals surface area contributed by atoms with Gasteiger partial charge in [0.25, 0.3) is 0 Å². The van der Waals surface area contributed by atoms with Gasteiger partial charge in [-0.2, -0.15) is 5.26 Å². The van der Waals surface area contributed by atoms with Gasteiger partial charge in [0.05, 0.1) is 5.56 Å². The molecule has 2 aromatic rings. The molecule has 1 aromatic heterocycles. The third-order valence-electron chi connectivity index (χ3n) is 5.32. The predicted molar refractivity (Wildman–Crippen MR) is 112 cm³/mol. The number of nitriles is 1. The highest BCUT2D eigenvalue weighted by molar-refractivity contribution is 7.16. The highest BCUT2D eigenvalue weighted by atomic mass is 32.1. The van der Waals surface area contributed by atoms with E-state index in [2.05, 4.69) is 61.0 Å². The van der Waals surface area contributed by atoms with Crippen LogP contribution in [0.1, 0.15) is 48.8 Å². The number of rotatable bonds is 3. The molecule has 0 saturated heterocycles. The van der Waals surface area contributed by atoms with Gasteiger partial charge < -0.3 is 4.90 Å². The molecule has 3 nitrogen and oxygen atoms in total. The zero-order chi connectivity index (χ0) is 18.9. The second-order valence-electron chi connectivity index (χ2n) is 8.35. The maximum atomic E-state index is 9.66. The van der Waals surface area contributed by atoms with Crippen molar-refractivity contribution in [2.45, 2.75) is 40.0 Å². The first-order valence-electron chi connectivity index (χ1n) is 9.15. The molecule has 0 unspecified atom stereocenters. The van der Waals surface area contributed by atoms with Gasteiger partial charge in [-0.25, -0.2) is 4.99 Å². The van der Waals surface area contributed by atoms with Crippen LogP contribution in [0, 0.1) is 22.7 Å². The van der Waals surface area contributed by atoms with Gasteiger partial charge in [-0.15, -0.1) is 11.3 Å². The Balaban J connectivity index is 1.85. The molecule has 1 aliphatic rings. The van der Waals surface area contributed by atoms with Crippen LogP contribution in [-0.2, 0) is 12.8 Å². The molecular formula is C22H27N3S. The average molecular weight is 366 g/mol. The van der Waals surface area contributed by atoms with E-state index in [1.54, 1.807) is 11.3 Å². The van der Waals surface area contributed by atoms with Crippen LogP contribution in [0.2, 0.25) is 0 Å². The molecule has 26 heavy (non-hydrogen) atoms. The topological polar surface area (TPSA) is 39.4 Å². The van der Waals surface area contributed by atoms with Crippen LogP contribution in [0.25, 0.3) is 0 Å². The third-order valence-corrected chi connectivity index (χ3v) is 6.49. The van der Waals surface area contributed by atoms with Crippen molar-refractivity contribution in [1.29, 1.82) is 5.26 Å². The summed E-state index contributed by atoms with van der Waals surface area (Å²) >= 11 is 1.71. The molecule has 0 spiro atoms. The molecule has 4 heteroatoms. The van der Waals surface area contributed by atoms with Crippen molar-refractivity contribution in [3.05, 3.63) is 45.8 Å².